The fourth-order valence-corrected chi connectivity index (χ4v) is 6.30. The van der Waals surface area contributed by atoms with Crippen LogP contribution in [0.1, 0.15) is 82.2 Å². The molecule has 2 N–H and O–H groups in total. The van der Waals surface area contributed by atoms with Gasteiger partial charge in [0.1, 0.15) is 0 Å². The molecule has 3 aromatic carbocycles. The van der Waals surface area contributed by atoms with Crippen molar-refractivity contribution in [3.8, 4) is 22.3 Å². The Morgan fingerprint density at radius 3 is 1.77 bits per heavy atom. The maximum absolute atomic E-state index is 6.18. The second kappa shape index (κ2) is 8.12. The molecule has 0 saturated carbocycles. The molecule has 0 spiro atoms. The normalized spacial score (nSPS) is 17.0. The Bertz CT molecular complexity index is 1430. The van der Waals surface area contributed by atoms with Gasteiger partial charge in [-0.3, -0.25) is 0 Å². The van der Waals surface area contributed by atoms with Crippen LogP contribution in [0.2, 0.25) is 0 Å². The van der Waals surface area contributed by atoms with Gasteiger partial charge in [0.25, 0.3) is 0 Å². The molecule has 0 fully saturated rings. The molecule has 1 nitrogen and oxygen atoms in total. The van der Waals surface area contributed by atoms with Crippen molar-refractivity contribution in [2.24, 2.45) is 0 Å². The molecule has 2 aliphatic carbocycles. The number of fused-ring (bicyclic) bond motifs is 6. The zero-order chi connectivity index (χ0) is 25.1. The Balaban J connectivity index is 1.65. The summed E-state index contributed by atoms with van der Waals surface area (Å²) in [5.41, 5.74) is 21.9. The molecule has 0 unspecified atom stereocenters. The van der Waals surface area contributed by atoms with E-state index in [0.29, 0.717) is 0 Å². The van der Waals surface area contributed by atoms with Gasteiger partial charge >= 0.3 is 0 Å². The van der Waals surface area contributed by atoms with Crippen molar-refractivity contribution in [1.29, 1.82) is 0 Å². The van der Waals surface area contributed by atoms with Crippen LogP contribution in [0.4, 0.5) is 5.69 Å². The summed E-state index contributed by atoms with van der Waals surface area (Å²) < 4.78 is 0. The first-order valence-corrected chi connectivity index (χ1v) is 12.9. The highest BCUT2D eigenvalue weighted by Crippen LogP contribution is 2.56. The first kappa shape index (κ1) is 23.4. The number of anilines is 1. The first-order valence-electron chi connectivity index (χ1n) is 12.9. The highest BCUT2D eigenvalue weighted by molar-refractivity contribution is 5.90. The van der Waals surface area contributed by atoms with Crippen molar-refractivity contribution in [2.75, 3.05) is 5.73 Å². The number of hydrogen-bond donors (Lipinski definition) is 1. The third-order valence-corrected chi connectivity index (χ3v) is 8.35. The summed E-state index contributed by atoms with van der Waals surface area (Å²) in [5.74, 6) is 0. The van der Waals surface area contributed by atoms with E-state index in [9.17, 15) is 0 Å². The van der Waals surface area contributed by atoms with E-state index in [-0.39, 0.29) is 10.8 Å². The Kier molecular flexibility index (Phi) is 5.44. The third-order valence-electron chi connectivity index (χ3n) is 8.35. The van der Waals surface area contributed by atoms with Crippen LogP contribution >= 0.6 is 0 Å². The average Bonchev–Trinajstić information content (AvgIpc) is 3.19. The van der Waals surface area contributed by atoms with Crippen molar-refractivity contribution < 1.29 is 0 Å². The van der Waals surface area contributed by atoms with Crippen molar-refractivity contribution in [2.45, 2.75) is 65.2 Å². The van der Waals surface area contributed by atoms with Gasteiger partial charge in [0, 0.05) is 16.5 Å². The maximum atomic E-state index is 6.18. The van der Waals surface area contributed by atoms with Crippen molar-refractivity contribution in [3.05, 3.63) is 106 Å². The van der Waals surface area contributed by atoms with Gasteiger partial charge in [0.2, 0.25) is 0 Å². The lowest BCUT2D eigenvalue weighted by Crippen LogP contribution is -2.17. The highest BCUT2D eigenvalue weighted by Gasteiger charge is 2.41. The molecule has 0 saturated heterocycles. The van der Waals surface area contributed by atoms with Crippen LogP contribution in [-0.2, 0) is 10.8 Å². The summed E-state index contributed by atoms with van der Waals surface area (Å²) >= 11 is 0. The van der Waals surface area contributed by atoms with Gasteiger partial charge in [-0.25, -0.2) is 0 Å². The van der Waals surface area contributed by atoms with Crippen molar-refractivity contribution >= 4 is 11.8 Å². The van der Waals surface area contributed by atoms with Crippen LogP contribution in [0.5, 0.6) is 0 Å². The molecular weight excluding hydrogens is 422 g/mol. The number of nitrogens with two attached hydrogens (primary N) is 1. The Morgan fingerprint density at radius 2 is 1.23 bits per heavy atom. The van der Waals surface area contributed by atoms with E-state index < -0.39 is 0 Å². The summed E-state index contributed by atoms with van der Waals surface area (Å²) in [5, 5.41) is 0. The minimum atomic E-state index is -0.0608. The van der Waals surface area contributed by atoms with E-state index in [1.165, 1.54) is 61.2 Å². The summed E-state index contributed by atoms with van der Waals surface area (Å²) in [7, 11) is 0. The van der Waals surface area contributed by atoms with Gasteiger partial charge in [0.15, 0.2) is 0 Å². The summed E-state index contributed by atoms with van der Waals surface area (Å²) in [6, 6.07) is 18.4. The van der Waals surface area contributed by atoms with E-state index in [1.807, 2.05) is 12.1 Å². The summed E-state index contributed by atoms with van der Waals surface area (Å²) in [6.45, 7) is 17.8. The summed E-state index contributed by atoms with van der Waals surface area (Å²) in [6.07, 6.45) is 8.44. The minimum absolute atomic E-state index is 0.0544. The van der Waals surface area contributed by atoms with Crippen molar-refractivity contribution in [3.63, 3.8) is 0 Å². The van der Waals surface area contributed by atoms with E-state index in [0.717, 1.165) is 18.5 Å². The second-order valence-electron chi connectivity index (χ2n) is 11.1. The standard InChI is InChI=1S/C34H37N/c1-8-11-22(9-2)23(10-3)16-21-12-14-25-27-19-32-28(20-31(27)33(4,5)29(25)17-21)26-15-13-24(35)18-30(26)34(32,6)7/h8,11-20H,1,9-10,35H2,2-7H3/b22-11-,23-16-. The predicted octanol–water partition coefficient (Wildman–Crippen LogP) is 9.20. The van der Waals surface area contributed by atoms with Gasteiger partial charge in [-0.05, 0) is 98.3 Å². The highest BCUT2D eigenvalue weighted by atomic mass is 14.6. The van der Waals surface area contributed by atoms with Crippen LogP contribution in [0, 0.1) is 0 Å². The van der Waals surface area contributed by atoms with E-state index >= 15 is 0 Å². The molecule has 0 atom stereocenters. The number of nitrogen functional groups attached to an aromatic ring is 1. The molecule has 5 rings (SSSR count). The Morgan fingerprint density at radius 1 is 0.714 bits per heavy atom. The molecular formula is C34H37N. The van der Waals surface area contributed by atoms with E-state index in [4.69, 9.17) is 5.73 Å². The largest absolute Gasteiger partial charge is 0.399 e. The molecule has 0 aliphatic heterocycles. The van der Waals surface area contributed by atoms with Crippen LogP contribution in [0.15, 0.2) is 78.4 Å². The number of benzene rings is 3. The lowest BCUT2D eigenvalue weighted by atomic mass is 9.79. The van der Waals surface area contributed by atoms with Gasteiger partial charge in [-0.2, -0.15) is 0 Å². The molecule has 0 radical (unpaired) electrons. The van der Waals surface area contributed by atoms with Gasteiger partial charge in [0.05, 0.1) is 0 Å². The predicted molar refractivity (Wildman–Crippen MR) is 153 cm³/mol. The monoisotopic (exact) mass is 459 g/mol. The minimum Gasteiger partial charge on any atom is -0.399 e. The molecule has 2 aliphatic rings. The Hall–Kier alpha value is -3.32. The van der Waals surface area contributed by atoms with E-state index in [2.05, 4.69) is 103 Å². The van der Waals surface area contributed by atoms with Gasteiger partial charge < -0.3 is 5.73 Å². The number of allylic oxidation sites excluding steroid dienone is 4. The molecule has 3 aromatic rings. The fraction of sp³-hybridized carbons (Fsp3) is 0.294. The zero-order valence-corrected chi connectivity index (χ0v) is 22.0. The topological polar surface area (TPSA) is 26.0 Å². The van der Waals surface area contributed by atoms with E-state index in [1.54, 1.807) is 0 Å². The average molecular weight is 460 g/mol. The smallest absolute Gasteiger partial charge is 0.0317 e. The van der Waals surface area contributed by atoms with Crippen LogP contribution in [0.3, 0.4) is 0 Å². The maximum Gasteiger partial charge on any atom is 0.0317 e. The lowest BCUT2D eigenvalue weighted by molar-refractivity contribution is 0.652. The third kappa shape index (κ3) is 3.44. The van der Waals surface area contributed by atoms with Crippen LogP contribution in [-0.4, -0.2) is 0 Å². The molecule has 0 amide bonds. The Labute approximate surface area is 211 Å². The quantitative estimate of drug-likeness (QED) is 0.299. The molecule has 35 heavy (non-hydrogen) atoms. The van der Waals surface area contributed by atoms with Gasteiger partial charge in [-0.1, -0.05) is 90.6 Å². The second-order valence-corrected chi connectivity index (χ2v) is 11.1. The van der Waals surface area contributed by atoms with Crippen LogP contribution < -0.4 is 5.73 Å². The molecule has 0 aromatic heterocycles. The summed E-state index contributed by atoms with van der Waals surface area (Å²) in [4.78, 5) is 0. The molecule has 0 heterocycles. The lowest BCUT2D eigenvalue weighted by Gasteiger charge is -2.24. The van der Waals surface area contributed by atoms with Crippen LogP contribution in [0.25, 0.3) is 28.3 Å². The first-order chi connectivity index (χ1) is 16.6. The van der Waals surface area contributed by atoms with Crippen molar-refractivity contribution in [1.82, 2.24) is 0 Å². The molecule has 1 heteroatoms. The molecule has 178 valence electrons. The SMILES string of the molecule is C=C/C=C(CC)\C(=C/c1ccc2c(c1)C(C)(C)c1cc3c(cc1-2)C(C)(C)c1cc(N)ccc1-3)CC. The fourth-order valence-electron chi connectivity index (χ4n) is 6.30. The zero-order valence-electron chi connectivity index (χ0n) is 22.0. The number of rotatable bonds is 5. The molecule has 0 bridgehead atoms. The number of hydrogen-bond acceptors (Lipinski definition) is 1. The van der Waals surface area contributed by atoms with Gasteiger partial charge in [-0.15, -0.1) is 0 Å².